The second kappa shape index (κ2) is 9.30. The highest BCUT2D eigenvalue weighted by molar-refractivity contribution is 5.95. The first-order valence-electron chi connectivity index (χ1n) is 11.5. The number of hydrogen-bond donors (Lipinski definition) is 2. The number of amides is 1. The van der Waals surface area contributed by atoms with Crippen molar-refractivity contribution in [2.75, 3.05) is 43.9 Å². The lowest BCUT2D eigenvalue weighted by Gasteiger charge is -2.31. The molecule has 8 nitrogen and oxygen atoms in total. The summed E-state index contributed by atoms with van der Waals surface area (Å²) < 4.78 is 23.9. The maximum atomic E-state index is 11.6. The quantitative estimate of drug-likeness (QED) is 0.500. The van der Waals surface area contributed by atoms with Crippen LogP contribution >= 0.6 is 0 Å². The van der Waals surface area contributed by atoms with E-state index >= 15 is 0 Å². The van der Waals surface area contributed by atoms with Gasteiger partial charge in [0.25, 0.3) is 5.91 Å². The van der Waals surface area contributed by atoms with Crippen molar-refractivity contribution in [1.82, 2.24) is 4.90 Å². The molecule has 1 fully saturated rings. The van der Waals surface area contributed by atoms with Gasteiger partial charge in [-0.1, -0.05) is 18.2 Å². The summed E-state index contributed by atoms with van der Waals surface area (Å²) in [5, 5.41) is 2.82. The van der Waals surface area contributed by atoms with Gasteiger partial charge in [0.15, 0.2) is 18.1 Å². The topological polar surface area (TPSA) is 95.3 Å². The SMILES string of the molecule is C=C(C)/C=C\c1c(N)ccc2c1O[C@@H](CN1CC[C@@H](Oc3ccc4c(c3)NC(=O)CO4)C1)CO2. The fourth-order valence-corrected chi connectivity index (χ4v) is 4.38. The molecule has 0 aliphatic carbocycles. The van der Waals surface area contributed by atoms with E-state index in [0.29, 0.717) is 41.0 Å². The Bertz CT molecular complexity index is 1150. The highest BCUT2D eigenvalue weighted by atomic mass is 16.6. The van der Waals surface area contributed by atoms with Gasteiger partial charge in [0.2, 0.25) is 0 Å². The molecular formula is C26H29N3O5. The molecule has 5 rings (SSSR count). The number of nitrogens with zero attached hydrogens (tertiary/aromatic N) is 1. The lowest BCUT2D eigenvalue weighted by molar-refractivity contribution is -0.118. The van der Waals surface area contributed by atoms with Crippen LogP contribution in [-0.2, 0) is 4.79 Å². The summed E-state index contributed by atoms with van der Waals surface area (Å²) >= 11 is 0. The maximum Gasteiger partial charge on any atom is 0.262 e. The number of nitrogens with one attached hydrogen (secondary N) is 1. The van der Waals surface area contributed by atoms with Crippen molar-refractivity contribution in [3.63, 3.8) is 0 Å². The van der Waals surface area contributed by atoms with Crippen LogP contribution in [0, 0.1) is 0 Å². The minimum Gasteiger partial charge on any atom is -0.489 e. The number of hydrogen-bond acceptors (Lipinski definition) is 7. The first-order valence-corrected chi connectivity index (χ1v) is 11.5. The lowest BCUT2D eigenvalue weighted by atomic mass is 10.1. The summed E-state index contributed by atoms with van der Waals surface area (Å²) in [4.78, 5) is 13.9. The molecule has 1 amide bonds. The zero-order valence-electron chi connectivity index (χ0n) is 19.2. The first kappa shape index (κ1) is 22.2. The summed E-state index contributed by atoms with van der Waals surface area (Å²) in [6, 6.07) is 9.20. The van der Waals surface area contributed by atoms with Gasteiger partial charge in [-0.05, 0) is 43.7 Å². The van der Waals surface area contributed by atoms with Crippen molar-refractivity contribution in [1.29, 1.82) is 0 Å². The fourth-order valence-electron chi connectivity index (χ4n) is 4.38. The summed E-state index contributed by atoms with van der Waals surface area (Å²) in [5.74, 6) is 2.60. The average Bonchev–Trinajstić information content (AvgIpc) is 3.24. The number of nitrogen functional groups attached to an aromatic ring is 1. The Kier molecular flexibility index (Phi) is 6.06. The zero-order valence-corrected chi connectivity index (χ0v) is 19.2. The Morgan fingerprint density at radius 3 is 3.00 bits per heavy atom. The molecule has 3 aliphatic heterocycles. The van der Waals surface area contributed by atoms with Gasteiger partial charge < -0.3 is 30.0 Å². The van der Waals surface area contributed by atoms with Crippen LogP contribution in [0.15, 0.2) is 48.6 Å². The highest BCUT2D eigenvalue weighted by Crippen LogP contribution is 2.40. The van der Waals surface area contributed by atoms with Gasteiger partial charge in [-0.2, -0.15) is 0 Å². The molecule has 0 spiro atoms. The Labute approximate surface area is 198 Å². The molecule has 178 valence electrons. The van der Waals surface area contributed by atoms with Crippen molar-refractivity contribution in [2.24, 2.45) is 0 Å². The van der Waals surface area contributed by atoms with Gasteiger partial charge in [-0.3, -0.25) is 9.69 Å². The number of nitrogens with two attached hydrogens (primary N) is 1. The molecule has 3 aliphatic rings. The molecule has 2 aromatic carbocycles. The van der Waals surface area contributed by atoms with E-state index in [4.69, 9.17) is 24.7 Å². The molecule has 2 aromatic rings. The Balaban J connectivity index is 1.20. The molecule has 0 aromatic heterocycles. The summed E-state index contributed by atoms with van der Waals surface area (Å²) in [6.45, 7) is 8.78. The number of anilines is 2. The van der Waals surface area contributed by atoms with Crippen LogP contribution in [0.5, 0.6) is 23.0 Å². The predicted octanol–water partition coefficient (Wildman–Crippen LogP) is 3.48. The van der Waals surface area contributed by atoms with Crippen molar-refractivity contribution >= 4 is 23.4 Å². The third-order valence-electron chi connectivity index (χ3n) is 6.02. The third kappa shape index (κ3) is 4.82. The summed E-state index contributed by atoms with van der Waals surface area (Å²) in [6.07, 6.45) is 4.69. The van der Waals surface area contributed by atoms with E-state index in [1.54, 1.807) is 0 Å². The minimum absolute atomic E-state index is 0.0421. The van der Waals surface area contributed by atoms with Crippen LogP contribution in [0.4, 0.5) is 11.4 Å². The Morgan fingerprint density at radius 1 is 1.29 bits per heavy atom. The first-order chi connectivity index (χ1) is 16.4. The monoisotopic (exact) mass is 463 g/mol. The van der Waals surface area contributed by atoms with E-state index in [-0.39, 0.29) is 24.7 Å². The normalized spacial score (nSPS) is 21.6. The van der Waals surface area contributed by atoms with E-state index in [1.807, 2.05) is 49.4 Å². The van der Waals surface area contributed by atoms with Gasteiger partial charge in [-0.25, -0.2) is 0 Å². The van der Waals surface area contributed by atoms with Crippen LogP contribution in [0.25, 0.3) is 6.08 Å². The number of benzene rings is 2. The molecule has 8 heteroatoms. The number of ether oxygens (including phenoxy) is 4. The van der Waals surface area contributed by atoms with Gasteiger partial charge in [0, 0.05) is 37.0 Å². The van der Waals surface area contributed by atoms with Gasteiger partial charge in [-0.15, -0.1) is 0 Å². The Morgan fingerprint density at radius 2 is 2.15 bits per heavy atom. The highest BCUT2D eigenvalue weighted by Gasteiger charge is 2.30. The zero-order chi connectivity index (χ0) is 23.7. The molecule has 3 heterocycles. The molecule has 1 saturated heterocycles. The van der Waals surface area contributed by atoms with Crippen LogP contribution in [-0.4, -0.2) is 55.9 Å². The fraction of sp³-hybridized carbons (Fsp3) is 0.346. The predicted molar refractivity (Wildman–Crippen MR) is 131 cm³/mol. The molecular weight excluding hydrogens is 434 g/mol. The van der Waals surface area contributed by atoms with Crippen LogP contribution in [0.2, 0.25) is 0 Å². The second-order valence-electron chi connectivity index (χ2n) is 8.91. The molecule has 0 radical (unpaired) electrons. The van der Waals surface area contributed by atoms with Crippen molar-refractivity contribution in [3.8, 4) is 23.0 Å². The van der Waals surface area contributed by atoms with E-state index < -0.39 is 0 Å². The van der Waals surface area contributed by atoms with Gasteiger partial charge in [0.1, 0.15) is 30.3 Å². The number of rotatable bonds is 6. The number of carbonyl (C=O) groups excluding carboxylic acids is 1. The molecule has 34 heavy (non-hydrogen) atoms. The van der Waals surface area contributed by atoms with Crippen LogP contribution < -0.4 is 30.0 Å². The standard InChI is InChI=1S/C26H29N3O5/c1-16(2)3-5-20-21(27)6-8-24-26(20)34-19(14-31-24)13-29-10-9-18(12-29)33-17-4-7-23-22(11-17)28-25(30)15-32-23/h3-8,11,18-19H,1,9-10,12-15,27H2,2H3,(H,28,30)/b5-3-/t18-,19+/m1/s1. The lowest BCUT2D eigenvalue weighted by Crippen LogP contribution is -2.40. The second-order valence-corrected chi connectivity index (χ2v) is 8.91. The van der Waals surface area contributed by atoms with E-state index in [0.717, 1.165) is 37.2 Å². The van der Waals surface area contributed by atoms with Crippen molar-refractivity contribution in [2.45, 2.75) is 25.6 Å². The van der Waals surface area contributed by atoms with Crippen LogP contribution in [0.1, 0.15) is 18.9 Å². The molecule has 3 N–H and O–H groups in total. The van der Waals surface area contributed by atoms with Crippen LogP contribution in [0.3, 0.4) is 0 Å². The van der Waals surface area contributed by atoms with Gasteiger partial charge >= 0.3 is 0 Å². The largest absolute Gasteiger partial charge is 0.489 e. The van der Waals surface area contributed by atoms with E-state index in [2.05, 4.69) is 16.8 Å². The number of fused-ring (bicyclic) bond motifs is 2. The van der Waals surface area contributed by atoms with Crippen molar-refractivity contribution < 1.29 is 23.7 Å². The van der Waals surface area contributed by atoms with E-state index in [9.17, 15) is 4.79 Å². The Hall–Kier alpha value is -3.65. The smallest absolute Gasteiger partial charge is 0.262 e. The summed E-state index contributed by atoms with van der Waals surface area (Å²) in [5.41, 5.74) is 9.24. The van der Waals surface area contributed by atoms with Gasteiger partial charge in [0.05, 0.1) is 5.69 Å². The van der Waals surface area contributed by atoms with E-state index in [1.165, 1.54) is 0 Å². The molecule has 0 unspecified atom stereocenters. The number of allylic oxidation sites excluding steroid dienone is 2. The van der Waals surface area contributed by atoms with Crippen molar-refractivity contribution in [3.05, 3.63) is 54.1 Å². The number of carbonyl (C=O) groups is 1. The molecule has 2 atom stereocenters. The number of likely N-dealkylation sites (tertiary alicyclic amines) is 1. The minimum atomic E-state index is -0.159. The molecule has 0 saturated carbocycles. The summed E-state index contributed by atoms with van der Waals surface area (Å²) in [7, 11) is 0. The third-order valence-corrected chi connectivity index (χ3v) is 6.02. The molecule has 0 bridgehead atoms. The average molecular weight is 464 g/mol. The maximum absolute atomic E-state index is 11.6.